The molecule has 1 heterocycles. The number of hydrogen-bond acceptors (Lipinski definition) is 2. The lowest BCUT2D eigenvalue weighted by molar-refractivity contribution is -0.134. The fourth-order valence-corrected chi connectivity index (χ4v) is 4.38. The first kappa shape index (κ1) is 21.6. The lowest BCUT2D eigenvalue weighted by Gasteiger charge is -2.36. The maximum Gasteiger partial charge on any atom is 0.254 e. The maximum absolute atomic E-state index is 13.2. The van der Waals surface area contributed by atoms with Crippen molar-refractivity contribution in [3.63, 3.8) is 0 Å². The van der Waals surface area contributed by atoms with Crippen LogP contribution in [0.2, 0.25) is 0 Å². The van der Waals surface area contributed by atoms with Crippen molar-refractivity contribution in [1.82, 2.24) is 9.80 Å². The molecule has 0 saturated heterocycles. The second-order valence-corrected chi connectivity index (χ2v) is 8.57. The lowest BCUT2D eigenvalue weighted by Crippen LogP contribution is -2.46. The van der Waals surface area contributed by atoms with Crippen LogP contribution in [-0.2, 0) is 11.2 Å². The first-order chi connectivity index (χ1) is 14.0. The Balaban J connectivity index is 1.75. The minimum Gasteiger partial charge on any atom is -0.334 e. The number of carbonyl (C=O) groups is 2. The average molecular weight is 457 g/mol. The minimum atomic E-state index is -0.0826. The van der Waals surface area contributed by atoms with Gasteiger partial charge < -0.3 is 9.80 Å². The van der Waals surface area contributed by atoms with Crippen LogP contribution in [0.1, 0.15) is 60.6 Å². The number of fused-ring (bicyclic) bond motifs is 1. The highest BCUT2D eigenvalue weighted by atomic mass is 79.9. The van der Waals surface area contributed by atoms with Crippen molar-refractivity contribution in [2.75, 3.05) is 19.6 Å². The summed E-state index contributed by atoms with van der Waals surface area (Å²) in [5.41, 5.74) is 3.14. The average Bonchev–Trinajstić information content (AvgIpc) is 2.73. The highest BCUT2D eigenvalue weighted by molar-refractivity contribution is 9.10. The van der Waals surface area contributed by atoms with Crippen LogP contribution < -0.4 is 0 Å². The fraction of sp³-hybridized carbons (Fsp3) is 0.417. The molecule has 0 aliphatic carbocycles. The summed E-state index contributed by atoms with van der Waals surface area (Å²) >= 11 is 3.43. The molecule has 0 saturated carbocycles. The van der Waals surface area contributed by atoms with E-state index in [1.165, 1.54) is 11.1 Å². The second kappa shape index (κ2) is 10.1. The molecular formula is C24H29BrN2O2. The summed E-state index contributed by atoms with van der Waals surface area (Å²) in [6, 6.07) is 15.7. The first-order valence-corrected chi connectivity index (χ1v) is 11.2. The molecule has 0 spiro atoms. The number of rotatable bonds is 7. The van der Waals surface area contributed by atoms with E-state index >= 15 is 0 Å². The summed E-state index contributed by atoms with van der Waals surface area (Å²) in [4.78, 5) is 29.9. The van der Waals surface area contributed by atoms with Gasteiger partial charge in [0.1, 0.15) is 6.54 Å². The Morgan fingerprint density at radius 1 is 1.14 bits per heavy atom. The van der Waals surface area contributed by atoms with Crippen molar-refractivity contribution < 1.29 is 9.59 Å². The largest absolute Gasteiger partial charge is 0.334 e. The highest BCUT2D eigenvalue weighted by Gasteiger charge is 2.29. The zero-order valence-electron chi connectivity index (χ0n) is 17.2. The van der Waals surface area contributed by atoms with E-state index in [9.17, 15) is 9.59 Å². The second-order valence-electron chi connectivity index (χ2n) is 7.66. The summed E-state index contributed by atoms with van der Waals surface area (Å²) < 4.78 is 0.865. The van der Waals surface area contributed by atoms with Crippen molar-refractivity contribution in [3.05, 3.63) is 69.7 Å². The van der Waals surface area contributed by atoms with E-state index in [-0.39, 0.29) is 24.4 Å². The molecule has 2 amide bonds. The zero-order chi connectivity index (χ0) is 20.8. The topological polar surface area (TPSA) is 40.6 Å². The van der Waals surface area contributed by atoms with Crippen LogP contribution in [0, 0.1) is 0 Å². The molecular weight excluding hydrogens is 428 g/mol. The van der Waals surface area contributed by atoms with Gasteiger partial charge in [-0.15, -0.1) is 0 Å². The molecule has 154 valence electrons. The minimum absolute atomic E-state index is 0.0202. The van der Waals surface area contributed by atoms with Crippen LogP contribution >= 0.6 is 15.9 Å². The van der Waals surface area contributed by atoms with Gasteiger partial charge in [-0.2, -0.15) is 0 Å². The molecule has 0 bridgehead atoms. The Bertz CT molecular complexity index is 867. The van der Waals surface area contributed by atoms with Crippen LogP contribution in [-0.4, -0.2) is 41.2 Å². The van der Waals surface area contributed by atoms with Gasteiger partial charge in [0.05, 0.1) is 6.04 Å². The fourth-order valence-electron chi connectivity index (χ4n) is 3.98. The van der Waals surface area contributed by atoms with E-state index in [2.05, 4.69) is 48.0 Å². The molecule has 2 aromatic carbocycles. The Kier molecular flexibility index (Phi) is 7.48. The summed E-state index contributed by atoms with van der Waals surface area (Å²) in [7, 11) is 0. The van der Waals surface area contributed by atoms with E-state index in [4.69, 9.17) is 0 Å². The van der Waals surface area contributed by atoms with E-state index in [1.807, 2.05) is 35.2 Å². The third kappa shape index (κ3) is 5.27. The van der Waals surface area contributed by atoms with Gasteiger partial charge in [0.15, 0.2) is 0 Å². The van der Waals surface area contributed by atoms with Crippen molar-refractivity contribution in [3.8, 4) is 0 Å². The van der Waals surface area contributed by atoms with Crippen molar-refractivity contribution in [2.45, 2.75) is 45.6 Å². The number of benzene rings is 2. The molecule has 0 N–H and O–H groups in total. The molecule has 0 fully saturated rings. The summed E-state index contributed by atoms with van der Waals surface area (Å²) in [6.07, 6.45) is 3.89. The number of hydrogen-bond donors (Lipinski definition) is 0. The summed E-state index contributed by atoms with van der Waals surface area (Å²) in [5.74, 6) is -0.0623. The Hall–Kier alpha value is -2.14. The molecule has 1 aliphatic rings. The summed E-state index contributed by atoms with van der Waals surface area (Å²) in [5, 5.41) is 0. The van der Waals surface area contributed by atoms with Crippen molar-refractivity contribution in [1.29, 1.82) is 0 Å². The standard InChI is InChI=1S/C24H29BrN2O2/c1-3-4-7-14-26(24(29)20-10-8-11-21(25)16-20)17-23(28)27-15-13-19-9-5-6-12-22(19)18(27)2/h5-6,8-12,16,18H,3-4,7,13-15,17H2,1-2H3. The number of nitrogens with zero attached hydrogens (tertiary/aromatic N) is 2. The first-order valence-electron chi connectivity index (χ1n) is 10.4. The van der Waals surface area contributed by atoms with Crippen LogP contribution in [0.5, 0.6) is 0 Å². The highest BCUT2D eigenvalue weighted by Crippen LogP contribution is 2.29. The predicted molar refractivity (Wildman–Crippen MR) is 120 cm³/mol. The molecule has 5 heteroatoms. The van der Waals surface area contributed by atoms with Gasteiger partial charge in [0, 0.05) is 23.1 Å². The molecule has 4 nitrogen and oxygen atoms in total. The third-order valence-corrected chi connectivity index (χ3v) is 6.12. The smallest absolute Gasteiger partial charge is 0.254 e. The number of unbranched alkanes of at least 4 members (excludes halogenated alkanes) is 2. The Morgan fingerprint density at radius 2 is 1.93 bits per heavy atom. The van der Waals surface area contributed by atoms with E-state index < -0.39 is 0 Å². The molecule has 1 unspecified atom stereocenters. The summed E-state index contributed by atoms with van der Waals surface area (Å²) in [6.45, 7) is 5.64. The number of halogens is 1. The monoisotopic (exact) mass is 456 g/mol. The molecule has 3 rings (SSSR count). The van der Waals surface area contributed by atoms with E-state index in [0.29, 0.717) is 18.7 Å². The van der Waals surface area contributed by atoms with Gasteiger partial charge in [-0.05, 0) is 49.1 Å². The molecule has 0 radical (unpaired) electrons. The van der Waals surface area contributed by atoms with Gasteiger partial charge in [0.25, 0.3) is 5.91 Å². The van der Waals surface area contributed by atoms with Gasteiger partial charge in [-0.1, -0.05) is 66.0 Å². The Labute approximate surface area is 182 Å². The number of carbonyl (C=O) groups excluding carboxylic acids is 2. The normalized spacial score (nSPS) is 15.7. The van der Waals surface area contributed by atoms with Crippen molar-refractivity contribution >= 4 is 27.7 Å². The van der Waals surface area contributed by atoms with Gasteiger partial charge in [-0.25, -0.2) is 0 Å². The van der Waals surface area contributed by atoms with Crippen LogP contribution in [0.25, 0.3) is 0 Å². The van der Waals surface area contributed by atoms with E-state index in [0.717, 1.165) is 30.2 Å². The zero-order valence-corrected chi connectivity index (χ0v) is 18.8. The van der Waals surface area contributed by atoms with Crippen molar-refractivity contribution in [2.24, 2.45) is 0 Å². The quantitative estimate of drug-likeness (QED) is 0.535. The Morgan fingerprint density at radius 3 is 2.69 bits per heavy atom. The lowest BCUT2D eigenvalue weighted by atomic mass is 9.93. The SMILES string of the molecule is CCCCCN(CC(=O)N1CCc2ccccc2C1C)C(=O)c1cccc(Br)c1. The third-order valence-electron chi connectivity index (χ3n) is 5.63. The molecule has 29 heavy (non-hydrogen) atoms. The maximum atomic E-state index is 13.2. The van der Waals surface area contributed by atoms with Crippen LogP contribution in [0.15, 0.2) is 53.0 Å². The van der Waals surface area contributed by atoms with Crippen LogP contribution in [0.3, 0.4) is 0 Å². The van der Waals surface area contributed by atoms with Gasteiger partial charge >= 0.3 is 0 Å². The molecule has 2 aromatic rings. The number of amides is 2. The van der Waals surface area contributed by atoms with Gasteiger partial charge in [0.2, 0.25) is 5.91 Å². The predicted octanol–water partition coefficient (Wildman–Crippen LogP) is 5.23. The van der Waals surface area contributed by atoms with Gasteiger partial charge in [-0.3, -0.25) is 9.59 Å². The van der Waals surface area contributed by atoms with Crippen LogP contribution in [0.4, 0.5) is 0 Å². The molecule has 1 atom stereocenters. The molecule has 0 aromatic heterocycles. The van der Waals surface area contributed by atoms with E-state index in [1.54, 1.807) is 4.90 Å². The molecule has 1 aliphatic heterocycles.